The molecule has 2 aromatic rings. The molecule has 31 heavy (non-hydrogen) atoms. The van der Waals surface area contributed by atoms with Crippen molar-refractivity contribution >= 4 is 45.3 Å². The summed E-state index contributed by atoms with van der Waals surface area (Å²) in [6.07, 6.45) is 0.783. The number of esters is 2. The van der Waals surface area contributed by atoms with E-state index >= 15 is 0 Å². The molecule has 3 amide bonds. The Balaban J connectivity index is 1.79. The normalized spacial score (nSPS) is 15.3. The van der Waals surface area contributed by atoms with Gasteiger partial charge in [-0.25, -0.2) is 14.0 Å². The van der Waals surface area contributed by atoms with Crippen molar-refractivity contribution in [3.63, 3.8) is 0 Å². The Labute approximate surface area is 182 Å². The van der Waals surface area contributed by atoms with Crippen LogP contribution >= 0.6 is 11.3 Å². The Morgan fingerprint density at radius 1 is 1.16 bits per heavy atom. The molecule has 3 rings (SSSR count). The van der Waals surface area contributed by atoms with Crippen LogP contribution in [0.1, 0.15) is 48.8 Å². The summed E-state index contributed by atoms with van der Waals surface area (Å²) in [6.45, 7) is 4.36. The second-order valence-corrected chi connectivity index (χ2v) is 8.07. The van der Waals surface area contributed by atoms with E-state index < -0.39 is 48.4 Å². The minimum atomic E-state index is -1.03. The highest BCUT2D eigenvalue weighted by molar-refractivity contribution is 7.21. The quantitative estimate of drug-likeness (QED) is 0.489. The van der Waals surface area contributed by atoms with Gasteiger partial charge in [-0.15, -0.1) is 11.3 Å². The predicted molar refractivity (Wildman–Crippen MR) is 111 cm³/mol. The van der Waals surface area contributed by atoms with Gasteiger partial charge in [-0.1, -0.05) is 19.9 Å². The van der Waals surface area contributed by atoms with Crippen LogP contribution in [-0.2, 0) is 25.7 Å². The summed E-state index contributed by atoms with van der Waals surface area (Å²) in [7, 11) is 0. The maximum Gasteiger partial charge on any atom is 0.348 e. The molecule has 1 N–H and O–H groups in total. The van der Waals surface area contributed by atoms with E-state index in [4.69, 9.17) is 9.47 Å². The highest BCUT2D eigenvalue weighted by Crippen LogP contribution is 2.34. The first-order chi connectivity index (χ1) is 14.8. The van der Waals surface area contributed by atoms with Gasteiger partial charge in [0.05, 0.1) is 6.61 Å². The van der Waals surface area contributed by atoms with Crippen LogP contribution in [0.25, 0.3) is 10.1 Å². The third-order valence-electron chi connectivity index (χ3n) is 5.34. The third kappa shape index (κ3) is 4.12. The SMILES string of the molecule is CCOC(=O)c1sc2cccc(F)c2c1COC(=O)CN1C(=O)NC(CC)(CC)C1=O. The smallest absolute Gasteiger partial charge is 0.348 e. The van der Waals surface area contributed by atoms with Crippen LogP contribution in [0.2, 0.25) is 0 Å². The van der Waals surface area contributed by atoms with Crippen molar-refractivity contribution in [2.24, 2.45) is 0 Å². The van der Waals surface area contributed by atoms with E-state index in [2.05, 4.69) is 5.32 Å². The monoisotopic (exact) mass is 450 g/mol. The van der Waals surface area contributed by atoms with E-state index in [-0.39, 0.29) is 22.4 Å². The summed E-state index contributed by atoms with van der Waals surface area (Å²) in [5.41, 5.74) is -0.834. The van der Waals surface area contributed by atoms with Crippen molar-refractivity contribution in [1.82, 2.24) is 10.2 Å². The molecule has 8 nitrogen and oxygen atoms in total. The summed E-state index contributed by atoms with van der Waals surface area (Å²) in [4.78, 5) is 50.5. The number of halogens is 1. The van der Waals surface area contributed by atoms with Gasteiger partial charge in [-0.3, -0.25) is 14.5 Å². The molecule has 0 spiro atoms. The van der Waals surface area contributed by atoms with Crippen molar-refractivity contribution in [3.8, 4) is 0 Å². The average molecular weight is 450 g/mol. The predicted octanol–water partition coefficient (Wildman–Crippen LogP) is 3.37. The number of fused-ring (bicyclic) bond motifs is 1. The highest BCUT2D eigenvalue weighted by Gasteiger charge is 2.49. The number of carbonyl (C=O) groups is 4. The maximum absolute atomic E-state index is 14.4. The molecule has 1 saturated heterocycles. The van der Waals surface area contributed by atoms with Gasteiger partial charge in [0, 0.05) is 15.6 Å². The Bertz CT molecular complexity index is 1050. The van der Waals surface area contributed by atoms with Crippen LogP contribution in [0.15, 0.2) is 18.2 Å². The van der Waals surface area contributed by atoms with Gasteiger partial charge in [0.1, 0.15) is 29.4 Å². The van der Waals surface area contributed by atoms with E-state index in [1.807, 2.05) is 0 Å². The van der Waals surface area contributed by atoms with Crippen molar-refractivity contribution in [3.05, 3.63) is 34.5 Å². The number of imide groups is 1. The number of nitrogens with zero attached hydrogens (tertiary/aromatic N) is 1. The van der Waals surface area contributed by atoms with Crippen LogP contribution < -0.4 is 5.32 Å². The lowest BCUT2D eigenvalue weighted by Crippen LogP contribution is -2.46. The standard InChI is InChI=1S/C21H23FN2O6S/c1-4-21(5-2)19(27)24(20(28)23-21)10-15(25)30-11-12-16-13(22)8-7-9-14(16)31-17(12)18(26)29-6-3/h7-9H,4-6,10-11H2,1-3H3,(H,23,28). The lowest BCUT2D eigenvalue weighted by Gasteiger charge is -2.22. The van der Waals surface area contributed by atoms with E-state index in [1.54, 1.807) is 26.8 Å². The molecule has 0 radical (unpaired) electrons. The van der Waals surface area contributed by atoms with Crippen LogP contribution in [0.3, 0.4) is 0 Å². The number of rotatable bonds is 8. The largest absolute Gasteiger partial charge is 0.462 e. The van der Waals surface area contributed by atoms with Crippen LogP contribution in [0.4, 0.5) is 9.18 Å². The minimum absolute atomic E-state index is 0.136. The zero-order valence-electron chi connectivity index (χ0n) is 17.5. The number of urea groups is 1. The first kappa shape index (κ1) is 22.7. The molecule has 1 fully saturated rings. The van der Waals surface area contributed by atoms with Crippen molar-refractivity contribution in [2.45, 2.75) is 45.8 Å². The molecule has 166 valence electrons. The maximum atomic E-state index is 14.4. The number of hydrogen-bond donors (Lipinski definition) is 1. The van der Waals surface area contributed by atoms with Gasteiger partial charge in [-0.05, 0) is 31.9 Å². The Kier molecular flexibility index (Phi) is 6.59. The van der Waals surface area contributed by atoms with Gasteiger partial charge in [-0.2, -0.15) is 0 Å². The summed E-state index contributed by atoms with van der Waals surface area (Å²) >= 11 is 1.04. The number of hydrogen-bond acceptors (Lipinski definition) is 7. The Morgan fingerprint density at radius 2 is 1.87 bits per heavy atom. The van der Waals surface area contributed by atoms with Gasteiger partial charge >= 0.3 is 18.0 Å². The summed E-state index contributed by atoms with van der Waals surface area (Å²) < 4.78 is 25.2. The van der Waals surface area contributed by atoms with Crippen molar-refractivity contribution in [1.29, 1.82) is 0 Å². The molecule has 0 unspecified atom stereocenters. The molecule has 0 bridgehead atoms. The van der Waals surface area contributed by atoms with Crippen molar-refractivity contribution < 1.29 is 33.0 Å². The minimum Gasteiger partial charge on any atom is -0.462 e. The molecule has 1 aliphatic heterocycles. The molecule has 0 aliphatic carbocycles. The van der Waals surface area contributed by atoms with Gasteiger partial charge in [0.15, 0.2) is 0 Å². The highest BCUT2D eigenvalue weighted by atomic mass is 32.1. The topological polar surface area (TPSA) is 102 Å². The van der Waals surface area contributed by atoms with Gasteiger partial charge in [0.2, 0.25) is 0 Å². The summed E-state index contributed by atoms with van der Waals surface area (Å²) in [5.74, 6) is -2.53. The number of nitrogens with one attached hydrogen (secondary N) is 1. The van der Waals surface area contributed by atoms with E-state index in [0.717, 1.165) is 16.2 Å². The fourth-order valence-electron chi connectivity index (χ4n) is 3.54. The lowest BCUT2D eigenvalue weighted by molar-refractivity contribution is -0.148. The third-order valence-corrected chi connectivity index (χ3v) is 6.52. The molecule has 0 atom stereocenters. The number of ether oxygens (including phenoxy) is 2. The van der Waals surface area contributed by atoms with Crippen molar-refractivity contribution in [2.75, 3.05) is 13.2 Å². The molecule has 1 aliphatic rings. The Morgan fingerprint density at radius 3 is 2.48 bits per heavy atom. The number of amides is 3. The number of benzene rings is 1. The second-order valence-electron chi connectivity index (χ2n) is 7.01. The molecule has 1 aromatic heterocycles. The number of carbonyl (C=O) groups excluding carboxylic acids is 4. The zero-order valence-corrected chi connectivity index (χ0v) is 18.3. The van der Waals surface area contributed by atoms with E-state index in [0.29, 0.717) is 17.5 Å². The van der Waals surface area contributed by atoms with Crippen LogP contribution in [0, 0.1) is 5.82 Å². The molecule has 10 heteroatoms. The average Bonchev–Trinajstić information content (AvgIpc) is 3.24. The Hall–Kier alpha value is -3.01. The molecular weight excluding hydrogens is 427 g/mol. The fraction of sp³-hybridized carbons (Fsp3) is 0.429. The molecule has 1 aromatic carbocycles. The summed E-state index contributed by atoms with van der Waals surface area (Å²) in [6, 6.07) is 3.76. The molecular formula is C21H23FN2O6S. The first-order valence-corrected chi connectivity index (χ1v) is 10.8. The first-order valence-electron chi connectivity index (χ1n) is 9.94. The van der Waals surface area contributed by atoms with E-state index in [1.165, 1.54) is 12.1 Å². The zero-order chi connectivity index (χ0) is 22.8. The second kappa shape index (κ2) is 9.01. The lowest BCUT2D eigenvalue weighted by atomic mass is 9.93. The number of thiophene rings is 1. The van der Waals surface area contributed by atoms with Crippen LogP contribution in [-0.4, -0.2) is 47.5 Å². The summed E-state index contributed by atoms with van der Waals surface area (Å²) in [5, 5.41) is 2.81. The molecule has 0 saturated carbocycles. The van der Waals surface area contributed by atoms with E-state index in [9.17, 15) is 23.6 Å². The van der Waals surface area contributed by atoms with Gasteiger partial charge < -0.3 is 14.8 Å². The van der Waals surface area contributed by atoms with Crippen LogP contribution in [0.5, 0.6) is 0 Å². The molecule has 2 heterocycles. The fourth-order valence-corrected chi connectivity index (χ4v) is 4.66. The van der Waals surface area contributed by atoms with Gasteiger partial charge in [0.25, 0.3) is 5.91 Å².